The van der Waals surface area contributed by atoms with Gasteiger partial charge in [-0.05, 0) is 38.7 Å². The van der Waals surface area contributed by atoms with Gasteiger partial charge in [0.2, 0.25) is 0 Å². The first-order valence-corrected chi connectivity index (χ1v) is 12.5. The number of piperidine rings is 1. The van der Waals surface area contributed by atoms with Crippen molar-refractivity contribution < 1.29 is 18.7 Å². The Morgan fingerprint density at radius 3 is 2.79 bits per heavy atom. The summed E-state index contributed by atoms with van der Waals surface area (Å²) >= 11 is 1.56. The van der Waals surface area contributed by atoms with Crippen LogP contribution < -0.4 is 10.2 Å². The van der Waals surface area contributed by atoms with Gasteiger partial charge in [-0.2, -0.15) is 0 Å². The van der Waals surface area contributed by atoms with E-state index in [1.165, 1.54) is 7.11 Å². The van der Waals surface area contributed by atoms with Gasteiger partial charge >= 0.3 is 6.09 Å². The number of nitrogens with one attached hydrogen (secondary N) is 1. The lowest BCUT2D eigenvalue weighted by Crippen LogP contribution is -2.41. The van der Waals surface area contributed by atoms with Gasteiger partial charge in [0.25, 0.3) is 5.22 Å². The van der Waals surface area contributed by atoms with Crippen LogP contribution in [0.15, 0.2) is 21.8 Å². The quantitative estimate of drug-likeness (QED) is 0.602. The number of ether oxygens (including phenoxy) is 2. The first-order valence-electron chi connectivity index (χ1n) is 11.5. The fourth-order valence-electron chi connectivity index (χ4n) is 4.16. The van der Waals surface area contributed by atoms with Gasteiger partial charge in [-0.15, -0.1) is 0 Å². The molecule has 33 heavy (non-hydrogen) atoms. The van der Waals surface area contributed by atoms with Crippen molar-refractivity contribution in [2.45, 2.75) is 37.7 Å². The molecule has 1 N–H and O–H groups in total. The van der Waals surface area contributed by atoms with Crippen LogP contribution in [0.5, 0.6) is 0 Å². The number of rotatable bonds is 7. The third kappa shape index (κ3) is 6.32. The lowest BCUT2D eigenvalue weighted by atomic mass is 9.98. The Kier molecular flexibility index (Phi) is 7.97. The highest BCUT2D eigenvalue weighted by Crippen LogP contribution is 2.28. The van der Waals surface area contributed by atoms with Crippen molar-refractivity contribution in [1.29, 1.82) is 0 Å². The maximum atomic E-state index is 11.9. The summed E-state index contributed by atoms with van der Waals surface area (Å²) in [5, 5.41) is 4.20. The number of aryl methyl sites for hydroxylation is 2. The Balaban J connectivity index is 1.44. The molecule has 2 aromatic heterocycles. The topological polar surface area (TPSA) is 93.0 Å². The summed E-state index contributed by atoms with van der Waals surface area (Å²) in [7, 11) is 1.44. The minimum absolute atomic E-state index is 0.247. The molecule has 2 saturated heterocycles. The average molecular weight is 476 g/mol. The van der Waals surface area contributed by atoms with E-state index in [0.717, 1.165) is 80.9 Å². The highest BCUT2D eigenvalue weighted by molar-refractivity contribution is 7.98. The Hall–Kier alpha value is -2.46. The van der Waals surface area contributed by atoms with Gasteiger partial charge < -0.3 is 29.0 Å². The molecule has 0 bridgehead atoms. The Morgan fingerprint density at radius 2 is 2.06 bits per heavy atom. The number of carbonyl (C=O) groups is 1. The minimum Gasteiger partial charge on any atom is -0.453 e. The Morgan fingerprint density at radius 1 is 1.24 bits per heavy atom. The van der Waals surface area contributed by atoms with Gasteiger partial charge in [-0.25, -0.2) is 14.8 Å². The third-order valence-electron chi connectivity index (χ3n) is 6.12. The average Bonchev–Trinajstić information content (AvgIpc) is 3.18. The molecule has 2 aliphatic rings. The molecule has 1 unspecified atom stereocenters. The second-order valence-electron chi connectivity index (χ2n) is 8.52. The summed E-state index contributed by atoms with van der Waals surface area (Å²) in [6.07, 6.45) is 1.82. The molecule has 4 heterocycles. The summed E-state index contributed by atoms with van der Waals surface area (Å²) in [4.78, 5) is 25.4. The first-order chi connectivity index (χ1) is 16.0. The van der Waals surface area contributed by atoms with Gasteiger partial charge in [-0.3, -0.25) is 0 Å². The SMILES string of the molecule is COC(=O)N1CCCC(CNc2cc(N3CCOCC3)cc(CSc3nc(C)c(C)o3)n2)C1. The van der Waals surface area contributed by atoms with Crippen molar-refractivity contribution in [1.82, 2.24) is 14.9 Å². The highest BCUT2D eigenvalue weighted by Gasteiger charge is 2.24. The van der Waals surface area contributed by atoms with Crippen LogP contribution in [-0.4, -0.2) is 74.0 Å². The molecule has 10 heteroatoms. The fraction of sp³-hybridized carbons (Fsp3) is 0.609. The van der Waals surface area contributed by atoms with E-state index in [-0.39, 0.29) is 6.09 Å². The van der Waals surface area contributed by atoms with Crippen molar-refractivity contribution in [2.75, 3.05) is 63.3 Å². The standard InChI is InChI=1S/C23H33N5O4S/c1-16-17(2)32-22(25-16)33-15-19-11-20(27-7-9-31-10-8-27)12-21(26-19)24-13-18-5-4-6-28(14-18)23(29)30-3/h11-12,18H,4-10,13-15H2,1-3H3,(H,24,26). The van der Waals surface area contributed by atoms with Gasteiger partial charge in [0.1, 0.15) is 11.6 Å². The van der Waals surface area contributed by atoms with Crippen LogP contribution in [-0.2, 0) is 15.2 Å². The Bertz CT molecular complexity index is 927. The Labute approximate surface area is 199 Å². The molecule has 2 fully saturated rings. The van der Waals surface area contributed by atoms with Crippen molar-refractivity contribution in [3.05, 3.63) is 29.3 Å². The van der Waals surface area contributed by atoms with Crippen molar-refractivity contribution in [2.24, 2.45) is 5.92 Å². The van der Waals surface area contributed by atoms with Crippen molar-refractivity contribution >= 4 is 29.4 Å². The molecule has 0 spiro atoms. The zero-order valence-corrected chi connectivity index (χ0v) is 20.4. The summed E-state index contributed by atoms with van der Waals surface area (Å²) in [6.45, 7) is 9.30. The minimum atomic E-state index is -0.247. The predicted molar refractivity (Wildman–Crippen MR) is 128 cm³/mol. The molecule has 0 aliphatic carbocycles. The van der Waals surface area contributed by atoms with E-state index in [2.05, 4.69) is 27.3 Å². The zero-order chi connectivity index (χ0) is 23.2. The third-order valence-corrected chi connectivity index (χ3v) is 6.98. The summed E-state index contributed by atoms with van der Waals surface area (Å²) in [6, 6.07) is 4.26. The van der Waals surface area contributed by atoms with Crippen LogP contribution in [0.4, 0.5) is 16.3 Å². The molecule has 9 nitrogen and oxygen atoms in total. The summed E-state index contributed by atoms with van der Waals surface area (Å²) in [5.74, 6) is 2.74. The number of morpholine rings is 1. The number of nitrogens with zero attached hydrogens (tertiary/aromatic N) is 4. The van der Waals surface area contributed by atoms with Gasteiger partial charge in [0.05, 0.1) is 31.7 Å². The van der Waals surface area contributed by atoms with E-state index in [1.54, 1.807) is 16.7 Å². The van der Waals surface area contributed by atoms with E-state index in [0.29, 0.717) is 23.4 Å². The molecule has 1 atom stereocenters. The lowest BCUT2D eigenvalue weighted by molar-refractivity contribution is 0.104. The molecule has 2 aliphatic heterocycles. The fourth-order valence-corrected chi connectivity index (χ4v) is 4.96. The van der Waals surface area contributed by atoms with Crippen LogP contribution in [0.3, 0.4) is 0 Å². The number of amides is 1. The molecule has 2 aromatic rings. The molecular weight excluding hydrogens is 442 g/mol. The molecule has 0 radical (unpaired) electrons. The number of aromatic nitrogens is 2. The number of carbonyl (C=O) groups excluding carboxylic acids is 1. The van der Waals surface area contributed by atoms with Crippen LogP contribution in [0.1, 0.15) is 30.0 Å². The number of likely N-dealkylation sites (tertiary alicyclic amines) is 1. The van der Waals surface area contributed by atoms with Crippen molar-refractivity contribution in [3.63, 3.8) is 0 Å². The van der Waals surface area contributed by atoms with E-state index in [1.807, 2.05) is 13.8 Å². The van der Waals surface area contributed by atoms with E-state index < -0.39 is 0 Å². The number of hydrogen-bond donors (Lipinski definition) is 1. The lowest BCUT2D eigenvalue weighted by Gasteiger charge is -2.32. The second kappa shape index (κ2) is 11.1. The maximum Gasteiger partial charge on any atom is 0.409 e. The molecule has 4 rings (SSSR count). The van der Waals surface area contributed by atoms with Gasteiger partial charge in [0.15, 0.2) is 0 Å². The van der Waals surface area contributed by atoms with Crippen LogP contribution in [0.25, 0.3) is 0 Å². The van der Waals surface area contributed by atoms with E-state index >= 15 is 0 Å². The molecular formula is C23H33N5O4S. The van der Waals surface area contributed by atoms with Gasteiger partial charge in [-0.1, -0.05) is 11.8 Å². The molecule has 180 valence electrons. The molecule has 0 saturated carbocycles. The van der Waals surface area contributed by atoms with Crippen LogP contribution in [0, 0.1) is 19.8 Å². The second-order valence-corrected chi connectivity index (χ2v) is 9.44. The van der Waals surface area contributed by atoms with Gasteiger partial charge in [0, 0.05) is 50.2 Å². The summed E-state index contributed by atoms with van der Waals surface area (Å²) < 4.78 is 16.1. The predicted octanol–water partition coefficient (Wildman–Crippen LogP) is 3.71. The van der Waals surface area contributed by atoms with Crippen molar-refractivity contribution in [3.8, 4) is 0 Å². The number of oxazole rings is 1. The number of pyridine rings is 1. The van der Waals surface area contributed by atoms with E-state index in [9.17, 15) is 4.79 Å². The molecule has 1 amide bonds. The molecule has 0 aromatic carbocycles. The largest absolute Gasteiger partial charge is 0.453 e. The smallest absolute Gasteiger partial charge is 0.409 e. The summed E-state index contributed by atoms with van der Waals surface area (Å²) in [5.41, 5.74) is 3.04. The number of anilines is 2. The highest BCUT2D eigenvalue weighted by atomic mass is 32.2. The monoisotopic (exact) mass is 475 g/mol. The normalized spacial score (nSPS) is 18.9. The van der Waals surface area contributed by atoms with Crippen LogP contribution >= 0.6 is 11.8 Å². The van der Waals surface area contributed by atoms with Crippen LogP contribution in [0.2, 0.25) is 0 Å². The first kappa shape index (κ1) is 23.7. The number of thioether (sulfide) groups is 1. The number of hydrogen-bond acceptors (Lipinski definition) is 9. The van der Waals surface area contributed by atoms with E-state index in [4.69, 9.17) is 18.9 Å². The number of methoxy groups -OCH3 is 1. The zero-order valence-electron chi connectivity index (χ0n) is 19.6. The maximum absolute atomic E-state index is 11.9.